The molecule has 1 saturated carbocycles. The molecule has 0 unspecified atom stereocenters. The average Bonchev–Trinajstić information content (AvgIpc) is 2.97. The van der Waals surface area contributed by atoms with Gasteiger partial charge in [0.25, 0.3) is 5.56 Å². The first-order chi connectivity index (χ1) is 10.1. The lowest BCUT2D eigenvalue weighted by molar-refractivity contribution is 0.328. The summed E-state index contributed by atoms with van der Waals surface area (Å²) in [5.74, 6) is 0. The molecule has 0 spiro atoms. The van der Waals surface area contributed by atoms with Gasteiger partial charge in [-0.2, -0.15) is 5.10 Å². The van der Waals surface area contributed by atoms with Crippen LogP contribution in [0.2, 0.25) is 0 Å². The highest BCUT2D eigenvalue weighted by Gasteiger charge is 2.16. The van der Waals surface area contributed by atoms with Crippen molar-refractivity contribution in [1.29, 1.82) is 0 Å². The quantitative estimate of drug-likeness (QED) is 0.854. The van der Waals surface area contributed by atoms with E-state index >= 15 is 0 Å². The summed E-state index contributed by atoms with van der Waals surface area (Å²) >= 11 is 3.29. The van der Waals surface area contributed by atoms with Crippen LogP contribution in [0.5, 0.6) is 0 Å². The second kappa shape index (κ2) is 6.13. The fraction of sp³-hybridized carbons (Fsp3) is 0.533. The molecule has 2 aromatic rings. The number of hydrogen-bond acceptors (Lipinski definition) is 3. The summed E-state index contributed by atoms with van der Waals surface area (Å²) in [7, 11) is 0. The lowest BCUT2D eigenvalue weighted by Crippen LogP contribution is -2.23. The summed E-state index contributed by atoms with van der Waals surface area (Å²) in [4.78, 5) is 16.4. The first-order valence-corrected chi connectivity index (χ1v) is 8.20. The van der Waals surface area contributed by atoms with Gasteiger partial charge in [0.1, 0.15) is 4.47 Å². The Kier molecular flexibility index (Phi) is 4.24. The summed E-state index contributed by atoms with van der Waals surface area (Å²) in [6.07, 6.45) is 9.94. The van der Waals surface area contributed by atoms with E-state index < -0.39 is 0 Å². The van der Waals surface area contributed by atoms with Crippen molar-refractivity contribution in [2.45, 2.75) is 51.6 Å². The van der Waals surface area contributed by atoms with E-state index in [1.54, 1.807) is 10.9 Å². The maximum Gasteiger partial charge on any atom is 0.268 e. The number of aromatic nitrogens is 4. The van der Waals surface area contributed by atoms with E-state index in [1.807, 2.05) is 19.2 Å². The molecule has 1 aliphatic carbocycles. The summed E-state index contributed by atoms with van der Waals surface area (Å²) in [5.41, 5.74) is 1.55. The van der Waals surface area contributed by atoms with E-state index in [-0.39, 0.29) is 5.56 Å². The fourth-order valence-electron chi connectivity index (χ4n) is 2.84. The minimum atomic E-state index is -0.0604. The van der Waals surface area contributed by atoms with Gasteiger partial charge < -0.3 is 0 Å². The van der Waals surface area contributed by atoms with E-state index in [2.05, 4.69) is 30.7 Å². The molecule has 0 aromatic carbocycles. The van der Waals surface area contributed by atoms with Crippen molar-refractivity contribution in [2.24, 2.45) is 0 Å². The SMILES string of the molecule is Cc1ncn(Cc2ccn(C3CCCCC3)n2)c(=O)c1Br. The molecule has 0 bridgehead atoms. The number of halogens is 1. The van der Waals surface area contributed by atoms with Crippen LogP contribution in [-0.2, 0) is 6.54 Å². The normalized spacial score (nSPS) is 16.3. The van der Waals surface area contributed by atoms with Gasteiger partial charge in [-0.1, -0.05) is 19.3 Å². The average molecular weight is 351 g/mol. The molecule has 2 aromatic heterocycles. The molecule has 1 aliphatic rings. The van der Waals surface area contributed by atoms with E-state index in [0.29, 0.717) is 22.8 Å². The largest absolute Gasteiger partial charge is 0.292 e. The van der Waals surface area contributed by atoms with Gasteiger partial charge in [0.05, 0.1) is 30.3 Å². The van der Waals surface area contributed by atoms with Crippen LogP contribution in [0.3, 0.4) is 0 Å². The first kappa shape index (κ1) is 14.5. The number of hydrogen-bond donors (Lipinski definition) is 0. The van der Waals surface area contributed by atoms with Crippen molar-refractivity contribution in [3.05, 3.63) is 44.8 Å². The van der Waals surface area contributed by atoms with Gasteiger partial charge in [-0.05, 0) is 41.8 Å². The van der Waals surface area contributed by atoms with Crippen molar-refractivity contribution in [1.82, 2.24) is 19.3 Å². The molecule has 0 amide bonds. The van der Waals surface area contributed by atoms with Gasteiger partial charge in [-0.3, -0.25) is 14.0 Å². The van der Waals surface area contributed by atoms with Crippen LogP contribution < -0.4 is 5.56 Å². The topological polar surface area (TPSA) is 52.7 Å². The number of rotatable bonds is 3. The number of aryl methyl sites for hydroxylation is 1. The van der Waals surface area contributed by atoms with Gasteiger partial charge in [-0.25, -0.2) is 4.98 Å². The second-order valence-corrected chi connectivity index (χ2v) is 6.45. The predicted octanol–water partition coefficient (Wildman–Crippen LogP) is 3.06. The Balaban J connectivity index is 1.78. The Morgan fingerprint density at radius 3 is 2.86 bits per heavy atom. The molecular weight excluding hydrogens is 332 g/mol. The molecule has 6 heteroatoms. The van der Waals surface area contributed by atoms with Crippen LogP contribution >= 0.6 is 15.9 Å². The van der Waals surface area contributed by atoms with E-state index in [0.717, 1.165) is 5.69 Å². The zero-order valence-corrected chi connectivity index (χ0v) is 13.7. The second-order valence-electron chi connectivity index (χ2n) is 5.66. The minimum absolute atomic E-state index is 0.0604. The highest BCUT2D eigenvalue weighted by atomic mass is 79.9. The zero-order valence-electron chi connectivity index (χ0n) is 12.1. The fourth-order valence-corrected chi connectivity index (χ4v) is 3.17. The summed E-state index contributed by atoms with van der Waals surface area (Å²) in [6.45, 7) is 2.28. The Labute approximate surface area is 132 Å². The van der Waals surface area contributed by atoms with Crippen LogP contribution in [-0.4, -0.2) is 19.3 Å². The molecule has 112 valence electrons. The van der Waals surface area contributed by atoms with E-state index in [4.69, 9.17) is 0 Å². The van der Waals surface area contributed by atoms with E-state index in [9.17, 15) is 4.79 Å². The van der Waals surface area contributed by atoms with Crippen LogP contribution in [0, 0.1) is 6.92 Å². The maximum absolute atomic E-state index is 12.1. The standard InChI is InChI=1S/C15H19BrN4O/c1-11-14(16)15(21)19(10-17-11)9-12-7-8-20(18-12)13-5-3-2-4-6-13/h7-8,10,13H,2-6,9H2,1H3. The van der Waals surface area contributed by atoms with Crippen LogP contribution in [0.1, 0.15) is 49.5 Å². The third kappa shape index (κ3) is 3.10. The Hall–Kier alpha value is -1.43. The Morgan fingerprint density at radius 1 is 1.33 bits per heavy atom. The van der Waals surface area contributed by atoms with Crippen LogP contribution in [0.25, 0.3) is 0 Å². The maximum atomic E-state index is 12.1. The van der Waals surface area contributed by atoms with Crippen LogP contribution in [0.4, 0.5) is 0 Å². The van der Waals surface area contributed by atoms with Crippen molar-refractivity contribution in [3.8, 4) is 0 Å². The zero-order chi connectivity index (χ0) is 14.8. The van der Waals surface area contributed by atoms with Gasteiger partial charge in [-0.15, -0.1) is 0 Å². The van der Waals surface area contributed by atoms with E-state index in [1.165, 1.54) is 32.1 Å². The Morgan fingerprint density at radius 2 is 2.10 bits per heavy atom. The van der Waals surface area contributed by atoms with Crippen molar-refractivity contribution in [3.63, 3.8) is 0 Å². The molecule has 21 heavy (non-hydrogen) atoms. The molecule has 0 saturated heterocycles. The molecule has 0 N–H and O–H groups in total. The minimum Gasteiger partial charge on any atom is -0.292 e. The first-order valence-electron chi connectivity index (χ1n) is 7.41. The predicted molar refractivity (Wildman–Crippen MR) is 84.4 cm³/mol. The van der Waals surface area contributed by atoms with Gasteiger partial charge in [0.15, 0.2) is 0 Å². The lowest BCUT2D eigenvalue weighted by atomic mass is 9.96. The van der Waals surface area contributed by atoms with Gasteiger partial charge in [0, 0.05) is 6.20 Å². The Bertz CT molecular complexity index is 685. The van der Waals surface area contributed by atoms with Crippen molar-refractivity contribution in [2.75, 3.05) is 0 Å². The number of nitrogens with zero attached hydrogens (tertiary/aromatic N) is 4. The smallest absolute Gasteiger partial charge is 0.268 e. The van der Waals surface area contributed by atoms with Gasteiger partial charge >= 0.3 is 0 Å². The van der Waals surface area contributed by atoms with Crippen LogP contribution in [0.15, 0.2) is 27.9 Å². The molecular formula is C15H19BrN4O. The molecule has 2 heterocycles. The highest BCUT2D eigenvalue weighted by Crippen LogP contribution is 2.27. The summed E-state index contributed by atoms with van der Waals surface area (Å²) in [5, 5.41) is 4.64. The monoisotopic (exact) mass is 350 g/mol. The molecule has 0 atom stereocenters. The lowest BCUT2D eigenvalue weighted by Gasteiger charge is -2.21. The molecule has 0 aliphatic heterocycles. The third-order valence-electron chi connectivity index (χ3n) is 4.10. The molecule has 5 nitrogen and oxygen atoms in total. The highest BCUT2D eigenvalue weighted by molar-refractivity contribution is 9.10. The molecule has 3 rings (SSSR count). The van der Waals surface area contributed by atoms with Crippen molar-refractivity contribution < 1.29 is 0 Å². The summed E-state index contributed by atoms with van der Waals surface area (Å²) < 4.78 is 4.18. The summed E-state index contributed by atoms with van der Waals surface area (Å²) in [6, 6.07) is 2.52. The molecule has 0 radical (unpaired) electrons. The third-order valence-corrected chi connectivity index (χ3v) is 5.01. The van der Waals surface area contributed by atoms with Crippen molar-refractivity contribution >= 4 is 15.9 Å². The molecule has 1 fully saturated rings. The van der Waals surface area contributed by atoms with Gasteiger partial charge in [0.2, 0.25) is 0 Å².